The Balaban J connectivity index is 1.95. The zero-order valence-corrected chi connectivity index (χ0v) is 15.5. The van der Waals surface area contributed by atoms with Gasteiger partial charge in [-0.25, -0.2) is 17.4 Å². The Kier molecular flexibility index (Phi) is 4.81. The molecular formula is C19H22N2O3S. The van der Waals surface area contributed by atoms with E-state index in [2.05, 4.69) is 11.9 Å². The minimum atomic E-state index is -3.70. The summed E-state index contributed by atoms with van der Waals surface area (Å²) in [4.78, 5) is 4.45. The predicted molar refractivity (Wildman–Crippen MR) is 98.6 cm³/mol. The number of fused-ring (bicyclic) bond motifs is 1. The second-order valence-electron chi connectivity index (χ2n) is 6.14. The Labute approximate surface area is 148 Å². The Morgan fingerprint density at radius 3 is 2.44 bits per heavy atom. The molecule has 0 unspecified atom stereocenters. The number of benzene rings is 2. The fourth-order valence-electron chi connectivity index (χ4n) is 2.59. The van der Waals surface area contributed by atoms with Crippen LogP contribution < -0.4 is 4.74 Å². The summed E-state index contributed by atoms with van der Waals surface area (Å²) in [5.41, 5.74) is 3.38. The van der Waals surface area contributed by atoms with Crippen molar-refractivity contribution in [3.05, 3.63) is 53.9 Å². The van der Waals surface area contributed by atoms with Gasteiger partial charge in [0.1, 0.15) is 12.1 Å². The molecule has 0 amide bonds. The van der Waals surface area contributed by atoms with E-state index in [0.29, 0.717) is 23.4 Å². The molecule has 5 nitrogen and oxygen atoms in total. The maximum atomic E-state index is 13.0. The first-order chi connectivity index (χ1) is 11.9. The highest BCUT2D eigenvalue weighted by Crippen LogP contribution is 2.24. The van der Waals surface area contributed by atoms with E-state index in [9.17, 15) is 8.42 Å². The maximum absolute atomic E-state index is 13.0. The Bertz CT molecular complexity index is 989. The number of aromatic nitrogens is 2. The topological polar surface area (TPSA) is 61.2 Å². The molecule has 1 aromatic heterocycles. The van der Waals surface area contributed by atoms with Crippen molar-refractivity contribution in [1.82, 2.24) is 8.96 Å². The summed E-state index contributed by atoms with van der Waals surface area (Å²) in [5.74, 6) is 0.675. The van der Waals surface area contributed by atoms with Gasteiger partial charge in [0.25, 0.3) is 10.0 Å². The molecule has 1 heterocycles. The highest BCUT2D eigenvalue weighted by atomic mass is 32.2. The summed E-state index contributed by atoms with van der Waals surface area (Å²) in [6, 6.07) is 10.3. The van der Waals surface area contributed by atoms with Gasteiger partial charge in [0.2, 0.25) is 0 Å². The molecule has 2 aromatic carbocycles. The van der Waals surface area contributed by atoms with Crippen molar-refractivity contribution in [2.24, 2.45) is 0 Å². The van der Waals surface area contributed by atoms with E-state index in [1.807, 2.05) is 26.0 Å². The molecule has 6 heteroatoms. The Morgan fingerprint density at radius 2 is 1.76 bits per heavy atom. The van der Waals surface area contributed by atoms with Gasteiger partial charge in [-0.3, -0.25) is 0 Å². The highest BCUT2D eigenvalue weighted by Gasteiger charge is 2.20. The standard InChI is InChI=1S/C19H22N2O3S/c1-4-5-10-24-16-6-8-17(9-7-16)25(22,23)21-13-20-18-11-14(2)15(3)12-19(18)21/h6-9,11-13H,4-5,10H2,1-3H3. The van der Waals surface area contributed by atoms with Crippen molar-refractivity contribution in [1.29, 1.82) is 0 Å². The van der Waals surface area contributed by atoms with Crippen LogP contribution in [0.3, 0.4) is 0 Å². The number of ether oxygens (including phenoxy) is 1. The van der Waals surface area contributed by atoms with Crippen LogP contribution in [0.2, 0.25) is 0 Å². The summed E-state index contributed by atoms with van der Waals surface area (Å²) >= 11 is 0. The number of hydrogen-bond acceptors (Lipinski definition) is 4. The summed E-state index contributed by atoms with van der Waals surface area (Å²) in [5, 5.41) is 0. The fraction of sp³-hybridized carbons (Fsp3) is 0.316. The third kappa shape index (κ3) is 3.39. The van der Waals surface area contributed by atoms with Crippen molar-refractivity contribution in [3.8, 4) is 5.75 Å². The van der Waals surface area contributed by atoms with Gasteiger partial charge in [-0.1, -0.05) is 13.3 Å². The van der Waals surface area contributed by atoms with Crippen LogP contribution in [0, 0.1) is 13.8 Å². The first-order valence-corrected chi connectivity index (χ1v) is 9.80. The van der Waals surface area contributed by atoms with Crippen molar-refractivity contribution >= 4 is 21.1 Å². The molecule has 0 radical (unpaired) electrons. The molecule has 0 aliphatic rings. The van der Waals surface area contributed by atoms with Gasteiger partial charge in [0.05, 0.1) is 22.5 Å². The summed E-state index contributed by atoms with van der Waals surface area (Å²) < 4.78 is 32.7. The van der Waals surface area contributed by atoms with E-state index in [1.54, 1.807) is 24.3 Å². The van der Waals surface area contributed by atoms with Gasteiger partial charge in [-0.2, -0.15) is 0 Å². The third-order valence-corrected chi connectivity index (χ3v) is 5.95. The van der Waals surface area contributed by atoms with E-state index in [4.69, 9.17) is 4.74 Å². The third-order valence-electron chi connectivity index (χ3n) is 4.28. The van der Waals surface area contributed by atoms with Crippen LogP contribution in [0.5, 0.6) is 5.75 Å². The van der Waals surface area contributed by atoms with Gasteiger partial charge >= 0.3 is 0 Å². The molecule has 0 spiro atoms. The molecule has 0 aliphatic carbocycles. The summed E-state index contributed by atoms with van der Waals surface area (Å²) in [6.07, 6.45) is 3.39. The van der Waals surface area contributed by atoms with Crippen molar-refractivity contribution < 1.29 is 13.2 Å². The Morgan fingerprint density at radius 1 is 1.08 bits per heavy atom. The molecule has 3 aromatic rings. The number of hydrogen-bond donors (Lipinski definition) is 0. The number of aryl methyl sites for hydroxylation is 2. The molecule has 0 fully saturated rings. The maximum Gasteiger partial charge on any atom is 0.269 e. The summed E-state index contributed by atoms with van der Waals surface area (Å²) in [7, 11) is -3.70. The average Bonchev–Trinajstić information content (AvgIpc) is 2.99. The average molecular weight is 358 g/mol. The van der Waals surface area contributed by atoms with Crippen LogP contribution in [-0.2, 0) is 10.0 Å². The van der Waals surface area contributed by atoms with Gasteiger partial charge in [0.15, 0.2) is 0 Å². The molecule has 0 saturated heterocycles. The first kappa shape index (κ1) is 17.5. The van der Waals surface area contributed by atoms with Crippen LogP contribution in [0.15, 0.2) is 47.6 Å². The van der Waals surface area contributed by atoms with Gasteiger partial charge < -0.3 is 4.74 Å². The van der Waals surface area contributed by atoms with E-state index in [-0.39, 0.29) is 4.90 Å². The minimum absolute atomic E-state index is 0.216. The molecule has 0 aliphatic heterocycles. The number of imidazole rings is 1. The lowest BCUT2D eigenvalue weighted by Gasteiger charge is -2.09. The van der Waals surface area contributed by atoms with Gasteiger partial charge in [0, 0.05) is 0 Å². The molecule has 0 N–H and O–H groups in total. The van der Waals surface area contributed by atoms with Gasteiger partial charge in [-0.15, -0.1) is 0 Å². The quantitative estimate of drug-likeness (QED) is 0.623. The molecule has 132 valence electrons. The number of rotatable bonds is 6. The van der Waals surface area contributed by atoms with Crippen molar-refractivity contribution in [2.75, 3.05) is 6.61 Å². The molecule has 3 rings (SSSR count). The lowest BCUT2D eigenvalue weighted by atomic mass is 10.1. The normalized spacial score (nSPS) is 11.8. The lowest BCUT2D eigenvalue weighted by Crippen LogP contribution is -2.12. The molecule has 0 bridgehead atoms. The highest BCUT2D eigenvalue weighted by molar-refractivity contribution is 7.90. The van der Waals surface area contributed by atoms with Crippen LogP contribution >= 0.6 is 0 Å². The van der Waals surface area contributed by atoms with Crippen LogP contribution in [0.25, 0.3) is 11.0 Å². The van der Waals surface area contributed by atoms with Crippen LogP contribution in [-0.4, -0.2) is 24.0 Å². The molecule has 25 heavy (non-hydrogen) atoms. The smallest absolute Gasteiger partial charge is 0.269 e. The first-order valence-electron chi connectivity index (χ1n) is 8.36. The number of nitrogens with zero attached hydrogens (tertiary/aromatic N) is 2. The molecule has 0 saturated carbocycles. The zero-order valence-electron chi connectivity index (χ0n) is 14.7. The number of unbranched alkanes of at least 4 members (excludes halogenated alkanes) is 1. The van der Waals surface area contributed by atoms with Gasteiger partial charge in [-0.05, 0) is 67.8 Å². The van der Waals surface area contributed by atoms with Crippen molar-refractivity contribution in [2.45, 2.75) is 38.5 Å². The van der Waals surface area contributed by atoms with Crippen LogP contribution in [0.1, 0.15) is 30.9 Å². The van der Waals surface area contributed by atoms with Crippen LogP contribution in [0.4, 0.5) is 0 Å². The predicted octanol–water partition coefficient (Wildman–Crippen LogP) is 4.07. The summed E-state index contributed by atoms with van der Waals surface area (Å²) in [6.45, 7) is 6.67. The van der Waals surface area contributed by atoms with E-state index in [0.717, 1.165) is 24.0 Å². The monoisotopic (exact) mass is 358 g/mol. The second-order valence-corrected chi connectivity index (χ2v) is 7.96. The molecule has 0 atom stereocenters. The largest absolute Gasteiger partial charge is 0.494 e. The van der Waals surface area contributed by atoms with E-state index in [1.165, 1.54) is 10.3 Å². The van der Waals surface area contributed by atoms with Crippen molar-refractivity contribution in [3.63, 3.8) is 0 Å². The fourth-order valence-corrected chi connectivity index (χ4v) is 3.87. The molecular weight excluding hydrogens is 336 g/mol. The lowest BCUT2D eigenvalue weighted by molar-refractivity contribution is 0.309. The van der Waals surface area contributed by atoms with E-state index >= 15 is 0 Å². The zero-order chi connectivity index (χ0) is 18.0. The minimum Gasteiger partial charge on any atom is -0.494 e. The Hall–Kier alpha value is -2.34. The SMILES string of the molecule is CCCCOc1ccc(S(=O)(=O)n2cnc3cc(C)c(C)cc32)cc1. The second kappa shape index (κ2) is 6.88. The van der Waals surface area contributed by atoms with E-state index < -0.39 is 10.0 Å².